The fourth-order valence-electron chi connectivity index (χ4n) is 2.61. The Morgan fingerprint density at radius 1 is 1.00 bits per heavy atom. The fourth-order valence-corrected chi connectivity index (χ4v) is 2.61. The van der Waals surface area contributed by atoms with E-state index < -0.39 is 24.5 Å². The number of hydrogen-bond donors (Lipinski definition) is 2. The van der Waals surface area contributed by atoms with Gasteiger partial charge in [-0.1, -0.05) is 60.7 Å². The van der Waals surface area contributed by atoms with Crippen molar-refractivity contribution in [3.05, 3.63) is 78.0 Å². The Labute approximate surface area is 160 Å². The maximum Gasteiger partial charge on any atom is 0.342 e. The first-order valence-corrected chi connectivity index (χ1v) is 8.46. The third-order valence-electron chi connectivity index (χ3n) is 3.81. The van der Waals surface area contributed by atoms with Crippen LogP contribution in [-0.4, -0.2) is 34.3 Å². The van der Waals surface area contributed by atoms with E-state index in [1.54, 1.807) is 10.9 Å². The van der Waals surface area contributed by atoms with Gasteiger partial charge in [0.25, 0.3) is 5.91 Å². The molecular weight excluding hydrogens is 360 g/mol. The number of aromatic nitrogens is 2. The van der Waals surface area contributed by atoms with Crippen molar-refractivity contribution in [2.24, 2.45) is 5.73 Å². The number of urea groups is 1. The minimum atomic E-state index is -1.01. The molecule has 0 saturated heterocycles. The molecule has 0 aliphatic heterocycles. The fraction of sp³-hybridized carbons (Fsp3) is 0.100. The average molecular weight is 378 g/mol. The Bertz CT molecular complexity index is 984. The Kier molecular flexibility index (Phi) is 5.81. The molecule has 0 aliphatic rings. The molecule has 0 aliphatic carbocycles. The molecule has 0 bridgehead atoms. The summed E-state index contributed by atoms with van der Waals surface area (Å²) in [6.07, 6.45) is 1.57. The summed E-state index contributed by atoms with van der Waals surface area (Å²) in [6, 6.07) is 17.8. The molecule has 0 unspecified atom stereocenters. The number of amides is 3. The largest absolute Gasteiger partial charge is 0.452 e. The normalized spacial score (nSPS) is 10.3. The molecule has 0 radical (unpaired) electrons. The molecule has 1 heterocycles. The predicted octanol–water partition coefficient (Wildman–Crippen LogP) is 1.95. The molecule has 3 aromatic rings. The Morgan fingerprint density at radius 2 is 1.64 bits per heavy atom. The highest BCUT2D eigenvalue weighted by molar-refractivity contribution is 5.99. The number of carbonyl (C=O) groups excluding carboxylic acids is 3. The number of imide groups is 1. The number of primary amides is 1. The average Bonchev–Trinajstić information content (AvgIpc) is 3.11. The molecule has 0 fully saturated rings. The highest BCUT2D eigenvalue weighted by atomic mass is 16.5. The van der Waals surface area contributed by atoms with Gasteiger partial charge in [-0.05, 0) is 5.56 Å². The number of hydrogen-bond acceptors (Lipinski definition) is 5. The first-order valence-electron chi connectivity index (χ1n) is 8.46. The predicted molar refractivity (Wildman–Crippen MR) is 101 cm³/mol. The van der Waals surface area contributed by atoms with Crippen molar-refractivity contribution in [3.8, 4) is 11.3 Å². The highest BCUT2D eigenvalue weighted by Gasteiger charge is 2.20. The first-order chi connectivity index (χ1) is 13.5. The second kappa shape index (κ2) is 8.63. The first kappa shape index (κ1) is 18.8. The van der Waals surface area contributed by atoms with Gasteiger partial charge in [0.1, 0.15) is 11.3 Å². The van der Waals surface area contributed by atoms with Crippen molar-refractivity contribution in [3.63, 3.8) is 0 Å². The van der Waals surface area contributed by atoms with Crippen LogP contribution in [0.3, 0.4) is 0 Å². The minimum Gasteiger partial charge on any atom is -0.452 e. The number of ether oxygens (including phenoxy) is 1. The SMILES string of the molecule is NC(=O)NC(=O)COC(=O)c1cn(Cc2ccccc2)nc1-c1ccccc1. The monoisotopic (exact) mass is 378 g/mol. The molecule has 8 heteroatoms. The molecule has 3 N–H and O–H groups in total. The Morgan fingerprint density at radius 3 is 2.29 bits per heavy atom. The molecule has 28 heavy (non-hydrogen) atoms. The number of benzene rings is 2. The third kappa shape index (κ3) is 4.82. The zero-order chi connectivity index (χ0) is 19.9. The third-order valence-corrected chi connectivity index (χ3v) is 3.81. The summed E-state index contributed by atoms with van der Waals surface area (Å²) in [5, 5.41) is 6.35. The maximum atomic E-state index is 12.5. The topological polar surface area (TPSA) is 116 Å². The van der Waals surface area contributed by atoms with E-state index in [9.17, 15) is 14.4 Å². The van der Waals surface area contributed by atoms with Crippen LogP contribution in [0, 0.1) is 0 Å². The van der Waals surface area contributed by atoms with E-state index in [0.717, 1.165) is 11.1 Å². The van der Waals surface area contributed by atoms with E-state index in [0.29, 0.717) is 12.2 Å². The van der Waals surface area contributed by atoms with E-state index in [1.807, 2.05) is 66.0 Å². The summed E-state index contributed by atoms with van der Waals surface area (Å²) in [4.78, 5) is 34.7. The van der Waals surface area contributed by atoms with Gasteiger partial charge in [0.2, 0.25) is 0 Å². The van der Waals surface area contributed by atoms with Gasteiger partial charge in [0.05, 0.1) is 6.54 Å². The Balaban J connectivity index is 1.84. The molecular formula is C20H18N4O4. The quantitative estimate of drug-likeness (QED) is 0.636. The van der Waals surface area contributed by atoms with Gasteiger partial charge in [-0.3, -0.25) is 14.8 Å². The van der Waals surface area contributed by atoms with E-state index in [1.165, 1.54) is 0 Å². The van der Waals surface area contributed by atoms with E-state index in [2.05, 4.69) is 5.10 Å². The zero-order valence-corrected chi connectivity index (χ0v) is 14.9. The molecule has 1 aromatic heterocycles. The van der Waals surface area contributed by atoms with Crippen molar-refractivity contribution < 1.29 is 19.1 Å². The summed E-state index contributed by atoms with van der Waals surface area (Å²) in [5.41, 5.74) is 7.28. The van der Waals surface area contributed by atoms with Gasteiger partial charge in [-0.2, -0.15) is 5.10 Å². The van der Waals surface area contributed by atoms with Crippen LogP contribution in [0.5, 0.6) is 0 Å². The summed E-state index contributed by atoms with van der Waals surface area (Å²) in [6.45, 7) is -0.157. The molecule has 0 atom stereocenters. The summed E-state index contributed by atoms with van der Waals surface area (Å²) in [7, 11) is 0. The van der Waals surface area contributed by atoms with Crippen molar-refractivity contribution in [1.29, 1.82) is 0 Å². The molecule has 142 valence electrons. The lowest BCUT2D eigenvalue weighted by molar-refractivity contribution is -0.123. The lowest BCUT2D eigenvalue weighted by atomic mass is 10.1. The van der Waals surface area contributed by atoms with Gasteiger partial charge >= 0.3 is 12.0 Å². The molecule has 8 nitrogen and oxygen atoms in total. The molecule has 3 amide bonds. The summed E-state index contributed by atoms with van der Waals surface area (Å²) < 4.78 is 6.64. The van der Waals surface area contributed by atoms with Crippen LogP contribution < -0.4 is 11.1 Å². The van der Waals surface area contributed by atoms with Gasteiger partial charge in [0.15, 0.2) is 6.61 Å². The van der Waals surface area contributed by atoms with Gasteiger partial charge in [0, 0.05) is 11.8 Å². The highest BCUT2D eigenvalue weighted by Crippen LogP contribution is 2.23. The summed E-state index contributed by atoms with van der Waals surface area (Å²) in [5.74, 6) is -1.53. The summed E-state index contributed by atoms with van der Waals surface area (Å²) >= 11 is 0. The van der Waals surface area contributed by atoms with Crippen LogP contribution in [0.2, 0.25) is 0 Å². The number of esters is 1. The lowest BCUT2D eigenvalue weighted by Gasteiger charge is -2.04. The van der Waals surface area contributed by atoms with Gasteiger partial charge in [-0.15, -0.1) is 0 Å². The number of nitrogens with zero attached hydrogens (tertiary/aromatic N) is 2. The second-order valence-electron chi connectivity index (χ2n) is 5.93. The van der Waals surface area contributed by atoms with Crippen LogP contribution >= 0.6 is 0 Å². The van der Waals surface area contributed by atoms with Crippen molar-refractivity contribution in [1.82, 2.24) is 15.1 Å². The number of nitrogens with two attached hydrogens (primary N) is 1. The van der Waals surface area contributed by atoms with Crippen molar-refractivity contribution in [2.45, 2.75) is 6.54 Å². The van der Waals surface area contributed by atoms with Crippen LogP contribution in [0.15, 0.2) is 66.9 Å². The van der Waals surface area contributed by atoms with E-state index in [4.69, 9.17) is 10.5 Å². The minimum absolute atomic E-state index is 0.217. The van der Waals surface area contributed by atoms with Gasteiger partial charge in [-0.25, -0.2) is 9.59 Å². The maximum absolute atomic E-state index is 12.5. The van der Waals surface area contributed by atoms with Crippen molar-refractivity contribution >= 4 is 17.9 Å². The van der Waals surface area contributed by atoms with Crippen LogP contribution in [0.4, 0.5) is 4.79 Å². The molecule has 3 rings (SSSR count). The molecule has 2 aromatic carbocycles. The second-order valence-corrected chi connectivity index (χ2v) is 5.93. The zero-order valence-electron chi connectivity index (χ0n) is 14.9. The van der Waals surface area contributed by atoms with Gasteiger partial charge < -0.3 is 10.5 Å². The number of rotatable bonds is 6. The number of nitrogens with one attached hydrogen (secondary N) is 1. The van der Waals surface area contributed by atoms with Crippen LogP contribution in [0.25, 0.3) is 11.3 Å². The number of carbonyl (C=O) groups is 3. The molecule has 0 spiro atoms. The van der Waals surface area contributed by atoms with E-state index in [-0.39, 0.29) is 5.56 Å². The van der Waals surface area contributed by atoms with Crippen molar-refractivity contribution in [2.75, 3.05) is 6.61 Å². The molecule has 0 saturated carbocycles. The standard InChI is InChI=1S/C20H18N4O4/c21-20(27)22-17(25)13-28-19(26)16-12-24(11-14-7-3-1-4-8-14)23-18(16)15-9-5-2-6-10-15/h1-10,12H,11,13H2,(H3,21,22,25,27). The van der Waals surface area contributed by atoms with Crippen LogP contribution in [-0.2, 0) is 16.1 Å². The van der Waals surface area contributed by atoms with Crippen LogP contribution in [0.1, 0.15) is 15.9 Å². The van der Waals surface area contributed by atoms with E-state index >= 15 is 0 Å². The lowest BCUT2D eigenvalue weighted by Crippen LogP contribution is -2.37. The Hall–Kier alpha value is -3.94. The smallest absolute Gasteiger partial charge is 0.342 e.